The highest BCUT2D eigenvalue weighted by Gasteiger charge is 2.16. The Morgan fingerprint density at radius 1 is 1.19 bits per heavy atom. The number of aryl methyl sites for hydroxylation is 2. The van der Waals surface area contributed by atoms with E-state index in [1.807, 2.05) is 6.07 Å². The van der Waals surface area contributed by atoms with Gasteiger partial charge in [-0.05, 0) is 50.5 Å². The predicted octanol–water partition coefficient (Wildman–Crippen LogP) is 5.08. The topological polar surface area (TPSA) is 37.8 Å². The number of aromatic nitrogens is 2. The van der Waals surface area contributed by atoms with Gasteiger partial charge >= 0.3 is 0 Å². The minimum Gasteiger partial charge on any atom is -0.370 e. The normalized spacial score (nSPS) is 11.0. The molecule has 0 aliphatic rings. The van der Waals surface area contributed by atoms with Crippen LogP contribution in [0.5, 0.6) is 0 Å². The van der Waals surface area contributed by atoms with E-state index in [1.165, 1.54) is 11.1 Å². The van der Waals surface area contributed by atoms with Crippen molar-refractivity contribution in [1.82, 2.24) is 9.97 Å². The van der Waals surface area contributed by atoms with E-state index in [-0.39, 0.29) is 0 Å². The van der Waals surface area contributed by atoms with Gasteiger partial charge in [0.15, 0.2) is 5.82 Å². The summed E-state index contributed by atoms with van der Waals surface area (Å²) in [6.07, 6.45) is 0. The maximum atomic E-state index is 4.77. The highest BCUT2D eigenvalue weighted by Crippen LogP contribution is 2.30. The van der Waals surface area contributed by atoms with Crippen molar-refractivity contribution < 1.29 is 0 Å². The van der Waals surface area contributed by atoms with E-state index in [0.29, 0.717) is 5.92 Å². The summed E-state index contributed by atoms with van der Waals surface area (Å²) in [4.78, 5) is 9.50. The van der Waals surface area contributed by atoms with Gasteiger partial charge in [-0.15, -0.1) is 0 Å². The van der Waals surface area contributed by atoms with Gasteiger partial charge in [0, 0.05) is 27.8 Å². The minimum atomic E-state index is 0.402. The molecule has 1 N–H and O–H groups in total. The summed E-state index contributed by atoms with van der Waals surface area (Å²) in [7, 11) is 0. The number of hydrogen-bond acceptors (Lipinski definition) is 3. The second-order valence-corrected chi connectivity index (χ2v) is 6.45. The molecule has 112 valence electrons. The van der Waals surface area contributed by atoms with Crippen LogP contribution in [0.15, 0.2) is 22.7 Å². The Balaban J connectivity index is 2.60. The molecule has 0 fully saturated rings. The van der Waals surface area contributed by atoms with E-state index in [1.54, 1.807) is 0 Å². The molecule has 0 spiro atoms. The largest absolute Gasteiger partial charge is 0.370 e. The molecule has 4 heteroatoms. The van der Waals surface area contributed by atoms with Crippen molar-refractivity contribution in [3.05, 3.63) is 39.5 Å². The first-order valence-corrected chi connectivity index (χ1v) is 8.12. The van der Waals surface area contributed by atoms with Crippen LogP contribution in [0.3, 0.4) is 0 Å². The Morgan fingerprint density at radius 2 is 1.90 bits per heavy atom. The van der Waals surface area contributed by atoms with Crippen LogP contribution in [0.4, 0.5) is 5.82 Å². The number of rotatable bonds is 4. The van der Waals surface area contributed by atoms with Crippen molar-refractivity contribution in [2.45, 2.75) is 40.5 Å². The zero-order valence-electron chi connectivity index (χ0n) is 13.3. The van der Waals surface area contributed by atoms with E-state index >= 15 is 0 Å². The van der Waals surface area contributed by atoms with E-state index in [4.69, 9.17) is 9.97 Å². The number of nitrogens with one attached hydrogen (secondary N) is 1. The molecule has 0 saturated heterocycles. The van der Waals surface area contributed by atoms with Crippen LogP contribution in [-0.2, 0) is 0 Å². The highest BCUT2D eigenvalue weighted by atomic mass is 79.9. The molecule has 2 aromatic rings. The number of hydrogen-bond donors (Lipinski definition) is 1. The fourth-order valence-electron chi connectivity index (χ4n) is 2.57. The molecule has 0 bridgehead atoms. The third-order valence-electron chi connectivity index (χ3n) is 3.49. The summed E-state index contributed by atoms with van der Waals surface area (Å²) >= 11 is 3.50. The fourth-order valence-corrected chi connectivity index (χ4v) is 3.05. The van der Waals surface area contributed by atoms with Crippen LogP contribution in [-0.4, -0.2) is 16.5 Å². The summed E-state index contributed by atoms with van der Waals surface area (Å²) in [5.74, 6) is 2.15. The van der Waals surface area contributed by atoms with Gasteiger partial charge in [-0.2, -0.15) is 0 Å². The van der Waals surface area contributed by atoms with Gasteiger partial charge in [0.25, 0.3) is 0 Å². The smallest absolute Gasteiger partial charge is 0.162 e. The number of halogens is 1. The third-order valence-corrected chi connectivity index (χ3v) is 3.98. The Bertz CT molecular complexity index is 651. The predicted molar refractivity (Wildman–Crippen MR) is 92.9 cm³/mol. The SMILES string of the molecule is CCNc1nc(-c2ccc(Br)cc2C)nc(C)c1C(C)C. The Kier molecular flexibility index (Phi) is 4.99. The Morgan fingerprint density at radius 3 is 2.48 bits per heavy atom. The zero-order chi connectivity index (χ0) is 15.6. The summed E-state index contributed by atoms with van der Waals surface area (Å²) in [6.45, 7) is 11.5. The molecule has 0 aliphatic heterocycles. The molecule has 0 atom stereocenters. The van der Waals surface area contributed by atoms with Gasteiger partial charge in [0.05, 0.1) is 0 Å². The standard InChI is InChI=1S/C17H22BrN3/c1-6-19-17-15(10(2)3)12(5)20-16(21-17)14-8-7-13(18)9-11(14)4/h7-10H,6H2,1-5H3,(H,19,20,21). The molecule has 2 rings (SSSR count). The first-order valence-electron chi connectivity index (χ1n) is 7.33. The van der Waals surface area contributed by atoms with Crippen LogP contribution in [0.2, 0.25) is 0 Å². The monoisotopic (exact) mass is 347 g/mol. The van der Waals surface area contributed by atoms with Gasteiger partial charge in [0.1, 0.15) is 5.82 Å². The van der Waals surface area contributed by atoms with E-state index in [2.05, 4.69) is 68.0 Å². The molecular formula is C17H22BrN3. The lowest BCUT2D eigenvalue weighted by atomic mass is 10.0. The first kappa shape index (κ1) is 16.0. The van der Waals surface area contributed by atoms with Crippen molar-refractivity contribution in [2.75, 3.05) is 11.9 Å². The molecule has 21 heavy (non-hydrogen) atoms. The second-order valence-electron chi connectivity index (χ2n) is 5.54. The van der Waals surface area contributed by atoms with Crippen molar-refractivity contribution in [3.8, 4) is 11.4 Å². The van der Waals surface area contributed by atoms with Crippen LogP contribution in [0, 0.1) is 13.8 Å². The number of benzene rings is 1. The van der Waals surface area contributed by atoms with Crippen LogP contribution >= 0.6 is 15.9 Å². The summed E-state index contributed by atoms with van der Waals surface area (Å²) in [5, 5.41) is 3.38. The average molecular weight is 348 g/mol. The summed E-state index contributed by atoms with van der Waals surface area (Å²) < 4.78 is 1.08. The Hall–Kier alpha value is -1.42. The van der Waals surface area contributed by atoms with Crippen molar-refractivity contribution >= 4 is 21.7 Å². The molecular weight excluding hydrogens is 326 g/mol. The lowest BCUT2D eigenvalue weighted by Crippen LogP contribution is -2.09. The van der Waals surface area contributed by atoms with E-state index in [0.717, 1.165) is 33.9 Å². The summed E-state index contributed by atoms with van der Waals surface area (Å²) in [5.41, 5.74) is 4.50. The van der Waals surface area contributed by atoms with Gasteiger partial charge in [-0.3, -0.25) is 0 Å². The molecule has 0 saturated carbocycles. The van der Waals surface area contributed by atoms with Gasteiger partial charge in [-0.25, -0.2) is 9.97 Å². The molecule has 0 radical (unpaired) electrons. The lowest BCUT2D eigenvalue weighted by molar-refractivity contribution is 0.831. The number of anilines is 1. The van der Waals surface area contributed by atoms with Crippen LogP contribution in [0.1, 0.15) is 43.5 Å². The third kappa shape index (κ3) is 3.43. The molecule has 0 unspecified atom stereocenters. The quantitative estimate of drug-likeness (QED) is 0.837. The molecule has 1 heterocycles. The highest BCUT2D eigenvalue weighted by molar-refractivity contribution is 9.10. The maximum Gasteiger partial charge on any atom is 0.162 e. The molecule has 1 aromatic carbocycles. The molecule has 0 aliphatic carbocycles. The molecule has 3 nitrogen and oxygen atoms in total. The minimum absolute atomic E-state index is 0.402. The summed E-state index contributed by atoms with van der Waals surface area (Å²) in [6, 6.07) is 6.20. The van der Waals surface area contributed by atoms with Gasteiger partial charge in [-0.1, -0.05) is 29.8 Å². The first-order chi connectivity index (χ1) is 9.93. The fraction of sp³-hybridized carbons (Fsp3) is 0.412. The van der Waals surface area contributed by atoms with Gasteiger partial charge < -0.3 is 5.32 Å². The maximum absolute atomic E-state index is 4.77. The van der Waals surface area contributed by atoms with Crippen LogP contribution in [0.25, 0.3) is 11.4 Å². The van der Waals surface area contributed by atoms with E-state index in [9.17, 15) is 0 Å². The van der Waals surface area contributed by atoms with Crippen molar-refractivity contribution in [1.29, 1.82) is 0 Å². The Labute approximate surface area is 135 Å². The van der Waals surface area contributed by atoms with Crippen LogP contribution < -0.4 is 5.32 Å². The molecule has 0 amide bonds. The lowest BCUT2D eigenvalue weighted by Gasteiger charge is -2.17. The van der Waals surface area contributed by atoms with E-state index < -0.39 is 0 Å². The number of nitrogens with zero attached hydrogens (tertiary/aromatic N) is 2. The van der Waals surface area contributed by atoms with Crippen molar-refractivity contribution in [3.63, 3.8) is 0 Å². The molecule has 1 aromatic heterocycles. The average Bonchev–Trinajstić information content (AvgIpc) is 2.37. The van der Waals surface area contributed by atoms with Crippen molar-refractivity contribution in [2.24, 2.45) is 0 Å². The zero-order valence-corrected chi connectivity index (χ0v) is 14.9. The van der Waals surface area contributed by atoms with Gasteiger partial charge in [0.2, 0.25) is 0 Å². The second kappa shape index (κ2) is 6.56.